The molecule has 0 atom stereocenters. The van der Waals surface area contributed by atoms with Crippen molar-refractivity contribution < 1.29 is 9.47 Å². The van der Waals surface area contributed by atoms with Gasteiger partial charge in [-0.3, -0.25) is 20.6 Å². The smallest absolute Gasteiger partial charge is 0.122 e. The third kappa shape index (κ3) is 9.87. The molecule has 2 aliphatic carbocycles. The first-order valence-corrected chi connectivity index (χ1v) is 18.2. The maximum absolute atomic E-state index is 7.58. The number of nitrogen functional groups attached to an aromatic ring is 2. The lowest BCUT2D eigenvalue weighted by Crippen LogP contribution is -2.26. The summed E-state index contributed by atoms with van der Waals surface area (Å²) in [6.45, 7) is 4.70. The van der Waals surface area contributed by atoms with Gasteiger partial charge in [0, 0.05) is 49.4 Å². The Morgan fingerprint density at radius 2 is 0.827 bits per heavy atom. The summed E-state index contributed by atoms with van der Waals surface area (Å²) in [7, 11) is 0. The van der Waals surface area contributed by atoms with Crippen LogP contribution in [0.25, 0.3) is 0 Å². The Bertz CT molecular complexity index is 1820. The van der Waals surface area contributed by atoms with Crippen LogP contribution in [0.1, 0.15) is 70.2 Å². The fourth-order valence-corrected chi connectivity index (χ4v) is 6.63. The normalized spacial score (nSPS) is 14.0. The van der Waals surface area contributed by atoms with Gasteiger partial charge in [-0.2, -0.15) is 0 Å². The van der Waals surface area contributed by atoms with Gasteiger partial charge < -0.3 is 20.9 Å². The zero-order valence-electron chi connectivity index (χ0n) is 29.6. The average Bonchev–Trinajstić information content (AvgIpc) is 4.09. The van der Waals surface area contributed by atoms with Gasteiger partial charge in [-0.25, -0.2) is 0 Å². The lowest BCUT2D eigenvalue weighted by molar-refractivity contribution is 0.243. The summed E-state index contributed by atoms with van der Waals surface area (Å²) in [5, 5.41) is 15.2. The molecule has 2 aliphatic rings. The molecule has 0 aromatic heterocycles. The predicted octanol–water partition coefficient (Wildman–Crippen LogP) is 7.74. The summed E-state index contributed by atoms with van der Waals surface area (Å²) in [5.41, 5.74) is 20.1. The van der Waals surface area contributed by atoms with E-state index in [1.807, 2.05) is 48.5 Å². The van der Waals surface area contributed by atoms with Crippen molar-refractivity contribution in [1.82, 2.24) is 9.80 Å². The van der Waals surface area contributed by atoms with Gasteiger partial charge in [0.15, 0.2) is 0 Å². The zero-order valence-corrected chi connectivity index (χ0v) is 29.6. The van der Waals surface area contributed by atoms with Crippen molar-refractivity contribution in [3.63, 3.8) is 0 Å². The quantitative estimate of drug-likeness (QED) is 0.0550. The Hall–Kier alpha value is -5.44. The number of nitrogens with zero attached hydrogens (tertiary/aromatic N) is 2. The minimum absolute atomic E-state index is 0.0593. The van der Waals surface area contributed by atoms with Crippen LogP contribution >= 0.6 is 0 Å². The van der Waals surface area contributed by atoms with Crippen LogP contribution in [0.3, 0.4) is 0 Å². The summed E-state index contributed by atoms with van der Waals surface area (Å²) in [4.78, 5) is 5.23. The minimum Gasteiger partial charge on any atom is -0.489 e. The monoisotopic (exact) mass is 692 g/mol. The standard InChI is InChI=1S/C44H48N6O2/c45-43(46)37-11-19-41(20-12-37)51-29-35-5-1-3-33(23-35)27-49(39-15-16-39)25-31-7-9-32(10-8-31)26-50(40-17-18-40)28-34-4-2-6-36(24-34)30-52-42-21-13-38(14-22-42)44(47)48/h1-14,19-24,39-40H,15-18,25-30H2,(H3,45,46)(H3,47,48). The largest absolute Gasteiger partial charge is 0.489 e. The molecule has 0 bridgehead atoms. The second kappa shape index (κ2) is 16.3. The molecule has 266 valence electrons. The number of amidine groups is 2. The topological polar surface area (TPSA) is 125 Å². The van der Waals surface area contributed by atoms with Crippen LogP contribution in [-0.4, -0.2) is 33.6 Å². The maximum atomic E-state index is 7.58. The van der Waals surface area contributed by atoms with E-state index < -0.39 is 0 Å². The van der Waals surface area contributed by atoms with Crippen molar-refractivity contribution in [2.75, 3.05) is 0 Å². The SMILES string of the molecule is N=C(N)c1ccc(OCc2cccc(CN(Cc3ccc(CN(Cc4cccc(COc5ccc(C(=N)N)cc5)c4)C4CC4)cc3)C3CC3)c2)cc1. The van der Waals surface area contributed by atoms with E-state index >= 15 is 0 Å². The second-order valence-electron chi connectivity index (χ2n) is 14.2. The number of hydrogen-bond acceptors (Lipinski definition) is 6. The highest BCUT2D eigenvalue weighted by Crippen LogP contribution is 2.32. The van der Waals surface area contributed by atoms with Gasteiger partial charge in [0.05, 0.1) is 0 Å². The van der Waals surface area contributed by atoms with Crippen LogP contribution in [0, 0.1) is 10.8 Å². The van der Waals surface area contributed by atoms with Gasteiger partial charge in [-0.05, 0) is 108 Å². The Morgan fingerprint density at radius 1 is 0.481 bits per heavy atom. The molecule has 0 spiro atoms. The van der Waals surface area contributed by atoms with Gasteiger partial charge in [0.25, 0.3) is 0 Å². The van der Waals surface area contributed by atoms with Crippen LogP contribution in [0.4, 0.5) is 0 Å². The first-order valence-electron chi connectivity index (χ1n) is 18.2. The van der Waals surface area contributed by atoms with Gasteiger partial charge in [0.2, 0.25) is 0 Å². The molecule has 2 saturated carbocycles. The highest BCUT2D eigenvalue weighted by Gasteiger charge is 2.30. The van der Waals surface area contributed by atoms with Crippen molar-refractivity contribution in [2.24, 2.45) is 11.5 Å². The molecule has 0 amide bonds. The van der Waals surface area contributed by atoms with Crippen molar-refractivity contribution >= 4 is 11.7 Å². The molecule has 6 N–H and O–H groups in total. The van der Waals surface area contributed by atoms with Crippen molar-refractivity contribution in [3.05, 3.63) is 166 Å². The maximum Gasteiger partial charge on any atom is 0.122 e. The van der Waals surface area contributed by atoms with E-state index in [1.54, 1.807) is 0 Å². The summed E-state index contributed by atoms with van der Waals surface area (Å²) in [5.74, 6) is 1.66. The lowest BCUT2D eigenvalue weighted by Gasteiger charge is -2.24. The van der Waals surface area contributed by atoms with Gasteiger partial charge in [-0.1, -0.05) is 72.8 Å². The molecular weight excluding hydrogens is 645 g/mol. The van der Waals surface area contributed by atoms with E-state index in [0.29, 0.717) is 36.4 Å². The molecule has 0 aliphatic heterocycles. The summed E-state index contributed by atoms with van der Waals surface area (Å²) in [6, 6.07) is 42.7. The second-order valence-corrected chi connectivity index (χ2v) is 14.2. The molecule has 8 heteroatoms. The minimum atomic E-state index is 0.0593. The van der Waals surface area contributed by atoms with Crippen molar-refractivity contribution in [1.29, 1.82) is 10.8 Å². The molecule has 8 nitrogen and oxygen atoms in total. The third-order valence-electron chi connectivity index (χ3n) is 9.82. The summed E-state index contributed by atoms with van der Waals surface area (Å²) in [6.07, 6.45) is 5.04. The number of nitrogens with two attached hydrogens (primary N) is 2. The fraction of sp³-hybridized carbons (Fsp3) is 0.273. The van der Waals surface area contributed by atoms with Crippen molar-refractivity contribution in [3.8, 4) is 11.5 Å². The Kier molecular flexibility index (Phi) is 10.9. The third-order valence-corrected chi connectivity index (χ3v) is 9.82. The molecule has 5 aromatic rings. The van der Waals surface area contributed by atoms with E-state index in [-0.39, 0.29) is 11.7 Å². The van der Waals surface area contributed by atoms with E-state index in [4.69, 9.17) is 31.8 Å². The van der Waals surface area contributed by atoms with Gasteiger partial charge in [-0.15, -0.1) is 0 Å². The van der Waals surface area contributed by atoms with E-state index in [0.717, 1.165) is 48.8 Å². The molecule has 52 heavy (non-hydrogen) atoms. The van der Waals surface area contributed by atoms with E-state index in [9.17, 15) is 0 Å². The van der Waals surface area contributed by atoms with Crippen molar-refractivity contribution in [2.45, 2.75) is 77.2 Å². The van der Waals surface area contributed by atoms with Gasteiger partial charge >= 0.3 is 0 Å². The zero-order chi connectivity index (χ0) is 35.9. The van der Waals surface area contributed by atoms with Crippen LogP contribution < -0.4 is 20.9 Å². The van der Waals surface area contributed by atoms with Crippen LogP contribution in [-0.2, 0) is 39.4 Å². The molecular formula is C44H48N6O2. The first kappa shape index (κ1) is 35.0. The average molecular weight is 693 g/mol. The number of ether oxygens (including phenoxy) is 2. The molecule has 0 unspecified atom stereocenters. The highest BCUT2D eigenvalue weighted by atomic mass is 16.5. The summed E-state index contributed by atoms with van der Waals surface area (Å²) < 4.78 is 12.1. The number of benzene rings is 5. The van der Waals surface area contributed by atoms with Crippen LogP contribution in [0.5, 0.6) is 11.5 Å². The first-order chi connectivity index (χ1) is 25.3. The van der Waals surface area contributed by atoms with E-state index in [1.165, 1.54) is 47.9 Å². The Balaban J connectivity index is 0.919. The number of rotatable bonds is 18. The molecule has 5 aromatic carbocycles. The molecule has 2 fully saturated rings. The van der Waals surface area contributed by atoms with Crippen LogP contribution in [0.15, 0.2) is 121 Å². The number of hydrogen-bond donors (Lipinski definition) is 4. The molecule has 0 saturated heterocycles. The summed E-state index contributed by atoms with van der Waals surface area (Å²) >= 11 is 0. The highest BCUT2D eigenvalue weighted by molar-refractivity contribution is 5.95. The van der Waals surface area contributed by atoms with E-state index in [2.05, 4.69) is 82.6 Å². The fourth-order valence-electron chi connectivity index (χ4n) is 6.63. The molecule has 7 rings (SSSR count). The molecule has 0 radical (unpaired) electrons. The van der Waals surface area contributed by atoms with Crippen LogP contribution in [0.2, 0.25) is 0 Å². The number of nitrogens with one attached hydrogen (secondary N) is 2. The molecule has 0 heterocycles. The Morgan fingerprint density at radius 3 is 1.17 bits per heavy atom. The Labute approximate surface area is 307 Å². The lowest BCUT2D eigenvalue weighted by atomic mass is 10.1. The van der Waals surface area contributed by atoms with Gasteiger partial charge in [0.1, 0.15) is 36.4 Å². The predicted molar refractivity (Wildman–Crippen MR) is 207 cm³/mol.